The Kier molecular flexibility index (Phi) is 2.31. The Morgan fingerprint density at radius 2 is 2.00 bits per heavy atom. The lowest BCUT2D eigenvalue weighted by molar-refractivity contribution is 0.628. The van der Waals surface area contributed by atoms with Crippen LogP contribution in [-0.2, 0) is 7.05 Å². The predicted molar refractivity (Wildman–Crippen MR) is 65.6 cm³/mol. The minimum absolute atomic E-state index is 0.624. The zero-order valence-corrected chi connectivity index (χ0v) is 11.2. The summed E-state index contributed by atoms with van der Waals surface area (Å²) in [5.74, 6) is 2.74. The van der Waals surface area contributed by atoms with Crippen LogP contribution in [0, 0.1) is 6.92 Å². The van der Waals surface area contributed by atoms with E-state index in [0.717, 1.165) is 16.1 Å². The normalized spacial score (nSPS) is 17.7. The van der Waals surface area contributed by atoms with Gasteiger partial charge in [0.2, 0.25) is 5.78 Å². The van der Waals surface area contributed by atoms with Gasteiger partial charge in [-0.3, -0.25) is 4.57 Å². The molecule has 0 aromatic carbocycles. The van der Waals surface area contributed by atoms with Crippen molar-refractivity contribution in [1.29, 1.82) is 0 Å². The lowest BCUT2D eigenvalue weighted by atomic mass is 10.1. The molecule has 0 saturated heterocycles. The summed E-state index contributed by atoms with van der Waals surface area (Å²) in [5, 5.41) is 4.68. The molecule has 3 rings (SSSR count). The highest BCUT2D eigenvalue weighted by atomic mass is 79.9. The second kappa shape index (κ2) is 3.58. The standard InChI is InChI=1S/C11H15BrN4/c1-7-9(12)16-11(13-7)15(2)10(14-16)8-5-3-4-6-8/h8H,3-6H2,1-2H3. The van der Waals surface area contributed by atoms with Gasteiger partial charge in [0.05, 0.1) is 5.69 Å². The largest absolute Gasteiger partial charge is 0.300 e. The first-order chi connectivity index (χ1) is 7.68. The van der Waals surface area contributed by atoms with Crippen LogP contribution in [-0.4, -0.2) is 19.2 Å². The van der Waals surface area contributed by atoms with Gasteiger partial charge < -0.3 is 0 Å². The van der Waals surface area contributed by atoms with Crippen LogP contribution in [0.4, 0.5) is 0 Å². The van der Waals surface area contributed by atoms with Gasteiger partial charge in [0.25, 0.3) is 0 Å². The van der Waals surface area contributed by atoms with Crippen molar-refractivity contribution in [3.8, 4) is 0 Å². The van der Waals surface area contributed by atoms with E-state index in [-0.39, 0.29) is 0 Å². The molecule has 0 N–H and O–H groups in total. The molecule has 0 amide bonds. The molecule has 0 unspecified atom stereocenters. The SMILES string of the molecule is Cc1nc2n(C)c(C3CCCC3)nn2c1Br. The van der Waals surface area contributed by atoms with Crippen LogP contribution in [0.1, 0.15) is 43.1 Å². The molecule has 1 aliphatic carbocycles. The predicted octanol–water partition coefficient (Wildman–Crippen LogP) is 2.80. The highest BCUT2D eigenvalue weighted by Gasteiger charge is 2.24. The zero-order chi connectivity index (χ0) is 11.3. The van der Waals surface area contributed by atoms with Crippen molar-refractivity contribution in [2.24, 2.45) is 7.05 Å². The fourth-order valence-corrected chi connectivity index (χ4v) is 2.93. The van der Waals surface area contributed by atoms with Crippen LogP contribution in [0.25, 0.3) is 5.78 Å². The molecule has 5 heteroatoms. The van der Waals surface area contributed by atoms with Crippen LogP contribution in [0.2, 0.25) is 0 Å². The van der Waals surface area contributed by atoms with Crippen molar-refractivity contribution in [1.82, 2.24) is 19.2 Å². The quantitative estimate of drug-likeness (QED) is 0.806. The number of aromatic nitrogens is 4. The number of fused-ring (bicyclic) bond motifs is 1. The third kappa shape index (κ3) is 1.34. The molecular weight excluding hydrogens is 268 g/mol. The van der Waals surface area contributed by atoms with Crippen molar-refractivity contribution in [2.45, 2.75) is 38.5 Å². The van der Waals surface area contributed by atoms with Crippen molar-refractivity contribution in [3.05, 3.63) is 16.1 Å². The fraction of sp³-hybridized carbons (Fsp3) is 0.636. The summed E-state index contributed by atoms with van der Waals surface area (Å²) in [6.45, 7) is 1.99. The number of hydrogen-bond donors (Lipinski definition) is 0. The van der Waals surface area contributed by atoms with Crippen LogP contribution >= 0.6 is 15.9 Å². The maximum atomic E-state index is 4.68. The summed E-state index contributed by atoms with van der Waals surface area (Å²) in [5.41, 5.74) is 0.996. The Labute approximate surface area is 103 Å². The maximum absolute atomic E-state index is 4.68. The molecule has 0 radical (unpaired) electrons. The molecule has 2 aromatic rings. The smallest absolute Gasteiger partial charge is 0.233 e. The zero-order valence-electron chi connectivity index (χ0n) is 9.57. The van der Waals surface area contributed by atoms with Crippen molar-refractivity contribution in [2.75, 3.05) is 0 Å². The summed E-state index contributed by atoms with van der Waals surface area (Å²) in [7, 11) is 2.06. The Morgan fingerprint density at radius 3 is 2.62 bits per heavy atom. The maximum Gasteiger partial charge on any atom is 0.233 e. The Bertz CT molecular complexity index is 534. The molecule has 0 spiro atoms. The van der Waals surface area contributed by atoms with Gasteiger partial charge in [-0.15, -0.1) is 0 Å². The van der Waals surface area contributed by atoms with Crippen LogP contribution in [0.3, 0.4) is 0 Å². The Balaban J connectivity index is 2.16. The lowest BCUT2D eigenvalue weighted by Gasteiger charge is -2.06. The van der Waals surface area contributed by atoms with Gasteiger partial charge in [-0.25, -0.2) is 4.98 Å². The fourth-order valence-electron chi connectivity index (χ4n) is 2.60. The molecular formula is C11H15BrN4. The first kappa shape index (κ1) is 10.3. The number of halogens is 1. The molecule has 1 fully saturated rings. The van der Waals surface area contributed by atoms with Crippen molar-refractivity contribution >= 4 is 21.7 Å². The van der Waals surface area contributed by atoms with E-state index < -0.39 is 0 Å². The average Bonchev–Trinajstić information content (AvgIpc) is 2.92. The van der Waals surface area contributed by atoms with Crippen LogP contribution < -0.4 is 0 Å². The number of imidazole rings is 1. The Morgan fingerprint density at radius 1 is 1.31 bits per heavy atom. The van der Waals surface area contributed by atoms with E-state index in [1.807, 2.05) is 11.4 Å². The molecule has 2 heterocycles. The number of nitrogens with zero attached hydrogens (tertiary/aromatic N) is 4. The third-order valence-corrected chi connectivity index (χ3v) is 4.42. The van der Waals surface area contributed by atoms with Crippen molar-refractivity contribution < 1.29 is 0 Å². The van der Waals surface area contributed by atoms with Gasteiger partial charge in [0.15, 0.2) is 0 Å². The molecule has 0 atom stereocenters. The van der Waals surface area contributed by atoms with Crippen LogP contribution in [0.15, 0.2) is 4.60 Å². The summed E-state index contributed by atoms with van der Waals surface area (Å²) in [4.78, 5) is 4.52. The molecule has 2 aromatic heterocycles. The molecule has 1 saturated carbocycles. The molecule has 0 aliphatic heterocycles. The second-order valence-electron chi connectivity index (χ2n) is 4.60. The van der Waals surface area contributed by atoms with Gasteiger partial charge in [-0.05, 0) is 35.7 Å². The summed E-state index contributed by atoms with van der Waals surface area (Å²) in [6, 6.07) is 0. The second-order valence-corrected chi connectivity index (χ2v) is 5.35. The lowest BCUT2D eigenvalue weighted by Crippen LogP contribution is -2.03. The number of rotatable bonds is 1. The monoisotopic (exact) mass is 282 g/mol. The van der Waals surface area contributed by atoms with E-state index >= 15 is 0 Å². The molecule has 0 bridgehead atoms. The molecule has 16 heavy (non-hydrogen) atoms. The van der Waals surface area contributed by atoms with E-state index in [1.165, 1.54) is 31.5 Å². The van der Waals surface area contributed by atoms with E-state index in [9.17, 15) is 0 Å². The topological polar surface area (TPSA) is 35.1 Å². The van der Waals surface area contributed by atoms with Crippen LogP contribution in [0.5, 0.6) is 0 Å². The third-order valence-electron chi connectivity index (χ3n) is 3.51. The van der Waals surface area contributed by atoms with E-state index in [4.69, 9.17) is 0 Å². The minimum Gasteiger partial charge on any atom is -0.300 e. The highest BCUT2D eigenvalue weighted by molar-refractivity contribution is 9.10. The van der Waals surface area contributed by atoms with Crippen molar-refractivity contribution in [3.63, 3.8) is 0 Å². The molecule has 1 aliphatic rings. The first-order valence-corrected chi connectivity index (χ1v) is 6.55. The summed E-state index contributed by atoms with van der Waals surface area (Å²) < 4.78 is 5.01. The summed E-state index contributed by atoms with van der Waals surface area (Å²) >= 11 is 3.53. The average molecular weight is 283 g/mol. The van der Waals surface area contributed by atoms with E-state index in [0.29, 0.717) is 5.92 Å². The van der Waals surface area contributed by atoms with Gasteiger partial charge in [-0.1, -0.05) is 12.8 Å². The minimum atomic E-state index is 0.624. The molecule has 4 nitrogen and oxygen atoms in total. The van der Waals surface area contributed by atoms with E-state index in [2.05, 4.69) is 37.6 Å². The molecule has 86 valence electrons. The van der Waals surface area contributed by atoms with Gasteiger partial charge in [0, 0.05) is 13.0 Å². The van der Waals surface area contributed by atoms with Gasteiger partial charge >= 0.3 is 0 Å². The Hall–Kier alpha value is -0.840. The van der Waals surface area contributed by atoms with Gasteiger partial charge in [-0.2, -0.15) is 9.61 Å². The number of aryl methyl sites for hydroxylation is 2. The van der Waals surface area contributed by atoms with E-state index in [1.54, 1.807) is 0 Å². The number of hydrogen-bond acceptors (Lipinski definition) is 2. The highest BCUT2D eigenvalue weighted by Crippen LogP contribution is 2.34. The first-order valence-electron chi connectivity index (χ1n) is 5.76. The van der Waals surface area contributed by atoms with Gasteiger partial charge in [0.1, 0.15) is 10.4 Å². The summed E-state index contributed by atoms with van der Waals surface area (Å²) in [6.07, 6.45) is 5.20.